The van der Waals surface area contributed by atoms with E-state index in [1.807, 2.05) is 11.5 Å². The molecule has 24 heavy (non-hydrogen) atoms. The van der Waals surface area contributed by atoms with Crippen LogP contribution in [0.25, 0.3) is 0 Å². The fourth-order valence-corrected chi connectivity index (χ4v) is 2.60. The van der Waals surface area contributed by atoms with Gasteiger partial charge >= 0.3 is 5.97 Å². The maximum atomic E-state index is 12.1. The summed E-state index contributed by atoms with van der Waals surface area (Å²) < 4.78 is 6.87. The number of nitrogens with zero attached hydrogens (tertiary/aromatic N) is 2. The Hall–Kier alpha value is -2.75. The first-order chi connectivity index (χ1) is 11.4. The number of rotatable bonds is 5. The average Bonchev–Trinajstić information content (AvgIpc) is 3.01. The fraction of sp³-hybridized carbons (Fsp3) is 0.471. The zero-order chi connectivity index (χ0) is 17.7. The number of carbonyl (C=O) groups is 2. The van der Waals surface area contributed by atoms with Crippen LogP contribution in [-0.4, -0.2) is 46.5 Å². The fourth-order valence-electron chi connectivity index (χ4n) is 2.60. The molecule has 1 amide bonds. The number of guanidine groups is 1. The van der Waals surface area contributed by atoms with E-state index in [1.54, 1.807) is 32.4 Å². The maximum absolute atomic E-state index is 12.1. The standard InChI is InChI=1S/C17H22N4O3/c1-4-6-9-24-15(23)13-7-8-21(11-13)12-17(5-2)10-14(22)20(3)16(18)19-17/h7-8,11H,5,9-10,12H2,1-3H3,(H2,18,19)/t17-/m1/s1. The lowest BCUT2D eigenvalue weighted by Crippen LogP contribution is -2.62. The summed E-state index contributed by atoms with van der Waals surface area (Å²) in [6.45, 7) is 4.20. The Bertz CT molecular complexity index is 693. The molecular formula is C17H22N4O3. The molecule has 2 rings (SSSR count). The van der Waals surface area contributed by atoms with Gasteiger partial charge in [-0.05, 0) is 19.4 Å². The molecule has 0 radical (unpaired) electrons. The Kier molecular flexibility index (Phi) is 5.29. The van der Waals surface area contributed by atoms with E-state index in [0.717, 1.165) is 0 Å². The van der Waals surface area contributed by atoms with E-state index in [2.05, 4.69) is 17.2 Å². The molecule has 2 heterocycles. The van der Waals surface area contributed by atoms with Crippen molar-refractivity contribution in [1.29, 1.82) is 5.41 Å². The SMILES string of the molecule is CC#CCOC(=O)c1ccn(C[C@@]2(CC)CC(=O)N(C)C(=N)N2)c1. The van der Waals surface area contributed by atoms with Crippen LogP contribution in [0.3, 0.4) is 0 Å². The summed E-state index contributed by atoms with van der Waals surface area (Å²) in [4.78, 5) is 25.3. The third-order valence-corrected chi connectivity index (χ3v) is 4.18. The monoisotopic (exact) mass is 330 g/mol. The van der Waals surface area contributed by atoms with Gasteiger partial charge in [0, 0.05) is 26.0 Å². The number of aromatic nitrogens is 1. The zero-order valence-electron chi connectivity index (χ0n) is 14.2. The summed E-state index contributed by atoms with van der Waals surface area (Å²) >= 11 is 0. The molecule has 0 aromatic carbocycles. The van der Waals surface area contributed by atoms with E-state index < -0.39 is 11.5 Å². The molecule has 0 aliphatic carbocycles. The van der Waals surface area contributed by atoms with Gasteiger partial charge in [-0.3, -0.25) is 15.1 Å². The number of nitrogens with one attached hydrogen (secondary N) is 2. The van der Waals surface area contributed by atoms with E-state index in [0.29, 0.717) is 24.9 Å². The minimum absolute atomic E-state index is 0.0684. The van der Waals surface area contributed by atoms with Crippen molar-refractivity contribution in [2.45, 2.75) is 38.8 Å². The minimum atomic E-state index is -0.533. The zero-order valence-corrected chi connectivity index (χ0v) is 14.2. The number of amides is 1. The van der Waals surface area contributed by atoms with Crippen LogP contribution in [0.15, 0.2) is 18.5 Å². The highest BCUT2D eigenvalue weighted by atomic mass is 16.5. The molecule has 1 aliphatic heterocycles. The summed E-state index contributed by atoms with van der Waals surface area (Å²) in [6.07, 6.45) is 4.44. The van der Waals surface area contributed by atoms with Crippen LogP contribution in [0.1, 0.15) is 37.0 Å². The highest BCUT2D eigenvalue weighted by molar-refractivity contribution is 5.98. The van der Waals surface area contributed by atoms with Crippen LogP contribution in [0.2, 0.25) is 0 Å². The van der Waals surface area contributed by atoms with Crippen LogP contribution in [0, 0.1) is 17.3 Å². The third kappa shape index (κ3) is 3.77. The first-order valence-corrected chi connectivity index (χ1v) is 7.76. The smallest absolute Gasteiger partial charge is 0.340 e. The van der Waals surface area contributed by atoms with Crippen molar-refractivity contribution in [3.8, 4) is 11.8 Å². The lowest BCUT2D eigenvalue weighted by molar-refractivity contribution is -0.129. The molecule has 1 fully saturated rings. The number of carbonyl (C=O) groups excluding carboxylic acids is 2. The number of hydrogen-bond acceptors (Lipinski definition) is 4. The second kappa shape index (κ2) is 7.21. The molecule has 7 heteroatoms. The summed E-state index contributed by atoms with van der Waals surface area (Å²) in [5.41, 5.74) is -0.0948. The van der Waals surface area contributed by atoms with Crippen LogP contribution in [0.4, 0.5) is 0 Å². The van der Waals surface area contributed by atoms with Gasteiger partial charge in [-0.1, -0.05) is 12.8 Å². The first-order valence-electron chi connectivity index (χ1n) is 7.76. The van der Waals surface area contributed by atoms with Crippen molar-refractivity contribution in [1.82, 2.24) is 14.8 Å². The summed E-state index contributed by atoms with van der Waals surface area (Å²) in [5, 5.41) is 11.0. The van der Waals surface area contributed by atoms with Crippen molar-refractivity contribution < 1.29 is 14.3 Å². The molecule has 128 valence electrons. The largest absolute Gasteiger partial charge is 0.449 e. The predicted molar refractivity (Wildman–Crippen MR) is 89.4 cm³/mol. The van der Waals surface area contributed by atoms with Gasteiger partial charge in [-0.2, -0.15) is 0 Å². The molecule has 0 saturated carbocycles. The number of ether oxygens (including phenoxy) is 1. The van der Waals surface area contributed by atoms with Crippen molar-refractivity contribution in [3.05, 3.63) is 24.0 Å². The molecule has 0 spiro atoms. The van der Waals surface area contributed by atoms with E-state index >= 15 is 0 Å². The van der Waals surface area contributed by atoms with Crippen LogP contribution in [0.5, 0.6) is 0 Å². The van der Waals surface area contributed by atoms with Crippen molar-refractivity contribution in [3.63, 3.8) is 0 Å². The van der Waals surface area contributed by atoms with E-state index in [9.17, 15) is 9.59 Å². The lowest BCUT2D eigenvalue weighted by Gasteiger charge is -2.41. The van der Waals surface area contributed by atoms with Gasteiger partial charge in [-0.15, -0.1) is 5.92 Å². The number of esters is 1. The topological polar surface area (TPSA) is 87.4 Å². The predicted octanol–water partition coefficient (Wildman–Crippen LogP) is 1.20. The van der Waals surface area contributed by atoms with Crippen molar-refractivity contribution in [2.24, 2.45) is 0 Å². The van der Waals surface area contributed by atoms with Crippen LogP contribution >= 0.6 is 0 Å². The highest BCUT2D eigenvalue weighted by Crippen LogP contribution is 2.24. The Morgan fingerprint density at radius 1 is 1.54 bits per heavy atom. The Morgan fingerprint density at radius 3 is 2.92 bits per heavy atom. The Labute approximate surface area is 141 Å². The van der Waals surface area contributed by atoms with Gasteiger partial charge in [0.2, 0.25) is 5.91 Å². The highest BCUT2D eigenvalue weighted by Gasteiger charge is 2.39. The van der Waals surface area contributed by atoms with Gasteiger partial charge < -0.3 is 14.6 Å². The van der Waals surface area contributed by atoms with Gasteiger partial charge in [-0.25, -0.2) is 4.79 Å². The quantitative estimate of drug-likeness (QED) is 0.627. The van der Waals surface area contributed by atoms with Gasteiger partial charge in [0.05, 0.1) is 17.5 Å². The Balaban J connectivity index is 2.09. The molecule has 1 atom stereocenters. The molecule has 1 aliphatic rings. The van der Waals surface area contributed by atoms with Crippen molar-refractivity contribution >= 4 is 17.8 Å². The maximum Gasteiger partial charge on any atom is 0.340 e. The molecule has 0 bridgehead atoms. The lowest BCUT2D eigenvalue weighted by atomic mass is 9.89. The molecule has 7 nitrogen and oxygen atoms in total. The van der Waals surface area contributed by atoms with Crippen molar-refractivity contribution in [2.75, 3.05) is 13.7 Å². The second-order valence-electron chi connectivity index (χ2n) is 5.81. The molecule has 1 aromatic heterocycles. The van der Waals surface area contributed by atoms with Gasteiger partial charge in [0.25, 0.3) is 0 Å². The molecular weight excluding hydrogens is 308 g/mol. The molecule has 1 aromatic rings. The third-order valence-electron chi connectivity index (χ3n) is 4.18. The average molecular weight is 330 g/mol. The van der Waals surface area contributed by atoms with Crippen LogP contribution < -0.4 is 5.32 Å². The van der Waals surface area contributed by atoms with Gasteiger partial charge in [0.1, 0.15) is 0 Å². The normalized spacial score (nSPS) is 20.2. The molecule has 0 unspecified atom stereocenters. The number of hydrogen-bond donors (Lipinski definition) is 2. The summed E-state index contributed by atoms with van der Waals surface area (Å²) in [5.74, 6) is 4.91. The second-order valence-corrected chi connectivity index (χ2v) is 5.81. The molecule has 1 saturated heterocycles. The van der Waals surface area contributed by atoms with E-state index in [1.165, 1.54) is 4.90 Å². The first kappa shape index (κ1) is 17.6. The summed E-state index contributed by atoms with van der Waals surface area (Å²) in [7, 11) is 1.58. The van der Waals surface area contributed by atoms with E-state index in [4.69, 9.17) is 10.1 Å². The summed E-state index contributed by atoms with van der Waals surface area (Å²) in [6, 6.07) is 1.67. The Morgan fingerprint density at radius 2 is 2.29 bits per heavy atom. The minimum Gasteiger partial charge on any atom is -0.449 e. The molecule has 2 N–H and O–H groups in total. The van der Waals surface area contributed by atoms with Crippen LogP contribution in [-0.2, 0) is 16.1 Å². The van der Waals surface area contributed by atoms with E-state index in [-0.39, 0.29) is 18.5 Å². The van der Waals surface area contributed by atoms with Gasteiger partial charge in [0.15, 0.2) is 12.6 Å².